The molecule has 2 N–H and O–H groups in total. The molecule has 0 bridgehead atoms. The first-order chi connectivity index (χ1) is 9.60. The van der Waals surface area contributed by atoms with Gasteiger partial charge in [0.05, 0.1) is 5.69 Å². The van der Waals surface area contributed by atoms with Crippen LogP contribution < -0.4 is 5.73 Å². The summed E-state index contributed by atoms with van der Waals surface area (Å²) in [5.74, 6) is 0. The summed E-state index contributed by atoms with van der Waals surface area (Å²) in [6.45, 7) is 5.53. The number of benzene rings is 1. The summed E-state index contributed by atoms with van der Waals surface area (Å²) in [5, 5.41) is 0. The Balaban J connectivity index is 2.15. The van der Waals surface area contributed by atoms with E-state index in [1.165, 1.54) is 11.1 Å². The van der Waals surface area contributed by atoms with Crippen molar-refractivity contribution in [3.63, 3.8) is 0 Å². The maximum atomic E-state index is 5.98. The van der Waals surface area contributed by atoms with Gasteiger partial charge in [-0.05, 0) is 38.6 Å². The van der Waals surface area contributed by atoms with Gasteiger partial charge < -0.3 is 5.73 Å². The molecule has 0 saturated heterocycles. The third kappa shape index (κ3) is 3.65. The van der Waals surface area contributed by atoms with E-state index in [1.807, 2.05) is 13.0 Å². The highest BCUT2D eigenvalue weighted by Crippen LogP contribution is 2.20. The highest BCUT2D eigenvalue weighted by Gasteiger charge is 2.16. The van der Waals surface area contributed by atoms with Crippen LogP contribution in [-0.2, 0) is 6.54 Å². The van der Waals surface area contributed by atoms with Crippen molar-refractivity contribution in [1.29, 1.82) is 0 Å². The summed E-state index contributed by atoms with van der Waals surface area (Å²) in [7, 11) is 2.10. The SMILES string of the molecule is Cc1cccc(C(CN)N(C)Cc2cccc(C)n2)c1. The highest BCUT2D eigenvalue weighted by atomic mass is 15.1. The molecule has 1 heterocycles. The Morgan fingerprint density at radius 1 is 1.15 bits per heavy atom. The average Bonchev–Trinajstić information content (AvgIpc) is 2.39. The smallest absolute Gasteiger partial charge is 0.0547 e. The lowest BCUT2D eigenvalue weighted by atomic mass is 10.0. The molecule has 0 amide bonds. The predicted octanol–water partition coefficient (Wildman–Crippen LogP) is 2.83. The Morgan fingerprint density at radius 3 is 2.55 bits per heavy atom. The van der Waals surface area contributed by atoms with Crippen LogP contribution in [0.5, 0.6) is 0 Å². The van der Waals surface area contributed by atoms with Crippen molar-refractivity contribution < 1.29 is 0 Å². The quantitative estimate of drug-likeness (QED) is 0.907. The average molecular weight is 269 g/mol. The van der Waals surface area contributed by atoms with E-state index in [9.17, 15) is 0 Å². The first-order valence-corrected chi connectivity index (χ1v) is 6.99. The standard InChI is InChI=1S/C17H23N3/c1-13-6-4-8-15(10-13)17(11-18)20(3)12-16-9-5-7-14(2)19-16/h4-10,17H,11-12,18H2,1-3H3. The van der Waals surface area contributed by atoms with Crippen LogP contribution in [0.4, 0.5) is 0 Å². The lowest BCUT2D eigenvalue weighted by molar-refractivity contribution is 0.239. The molecular weight excluding hydrogens is 246 g/mol. The Hall–Kier alpha value is -1.71. The molecule has 1 atom stereocenters. The minimum absolute atomic E-state index is 0.220. The Kier molecular flexibility index (Phi) is 4.88. The molecule has 0 fully saturated rings. The molecule has 2 aromatic rings. The molecule has 106 valence electrons. The normalized spacial score (nSPS) is 12.7. The molecule has 0 aliphatic carbocycles. The summed E-state index contributed by atoms with van der Waals surface area (Å²) in [6.07, 6.45) is 0. The molecule has 1 aromatic carbocycles. The Morgan fingerprint density at radius 2 is 1.90 bits per heavy atom. The minimum Gasteiger partial charge on any atom is -0.329 e. The van der Waals surface area contributed by atoms with E-state index in [0.29, 0.717) is 6.54 Å². The second-order valence-electron chi connectivity index (χ2n) is 5.35. The van der Waals surface area contributed by atoms with Crippen LogP contribution in [-0.4, -0.2) is 23.5 Å². The van der Waals surface area contributed by atoms with Crippen LogP contribution in [0.1, 0.15) is 28.6 Å². The van der Waals surface area contributed by atoms with Gasteiger partial charge in [-0.15, -0.1) is 0 Å². The lowest BCUT2D eigenvalue weighted by Gasteiger charge is -2.27. The van der Waals surface area contributed by atoms with Gasteiger partial charge in [-0.25, -0.2) is 0 Å². The van der Waals surface area contributed by atoms with E-state index in [1.54, 1.807) is 0 Å². The maximum absolute atomic E-state index is 5.98. The minimum atomic E-state index is 0.220. The number of aryl methyl sites for hydroxylation is 2. The molecule has 0 aliphatic rings. The molecule has 0 saturated carbocycles. The summed E-state index contributed by atoms with van der Waals surface area (Å²) in [6, 6.07) is 14.9. The van der Waals surface area contributed by atoms with Gasteiger partial charge in [0.25, 0.3) is 0 Å². The number of likely N-dealkylation sites (N-methyl/N-ethyl adjacent to an activating group) is 1. The number of nitrogens with zero attached hydrogens (tertiary/aromatic N) is 2. The molecular formula is C17H23N3. The third-order valence-electron chi connectivity index (χ3n) is 3.54. The van der Waals surface area contributed by atoms with E-state index in [-0.39, 0.29) is 6.04 Å². The summed E-state index contributed by atoms with van der Waals surface area (Å²) >= 11 is 0. The van der Waals surface area contributed by atoms with E-state index >= 15 is 0 Å². The van der Waals surface area contributed by atoms with Gasteiger partial charge >= 0.3 is 0 Å². The topological polar surface area (TPSA) is 42.1 Å². The van der Waals surface area contributed by atoms with Gasteiger partial charge in [0.1, 0.15) is 0 Å². The van der Waals surface area contributed by atoms with Gasteiger partial charge in [0.15, 0.2) is 0 Å². The van der Waals surface area contributed by atoms with Crippen LogP contribution in [0.25, 0.3) is 0 Å². The largest absolute Gasteiger partial charge is 0.329 e. The fourth-order valence-electron chi connectivity index (χ4n) is 2.50. The van der Waals surface area contributed by atoms with E-state index < -0.39 is 0 Å². The number of rotatable bonds is 5. The fourth-order valence-corrected chi connectivity index (χ4v) is 2.50. The number of aromatic nitrogens is 1. The van der Waals surface area contributed by atoms with E-state index in [4.69, 9.17) is 5.73 Å². The van der Waals surface area contributed by atoms with Crippen LogP contribution in [0.2, 0.25) is 0 Å². The van der Waals surface area contributed by atoms with Crippen molar-refractivity contribution in [3.8, 4) is 0 Å². The molecule has 3 heteroatoms. The van der Waals surface area contributed by atoms with Gasteiger partial charge in [0.2, 0.25) is 0 Å². The monoisotopic (exact) mass is 269 g/mol. The molecule has 20 heavy (non-hydrogen) atoms. The van der Waals surface area contributed by atoms with Crippen LogP contribution in [0.3, 0.4) is 0 Å². The third-order valence-corrected chi connectivity index (χ3v) is 3.54. The zero-order valence-corrected chi connectivity index (χ0v) is 12.5. The number of hydrogen-bond donors (Lipinski definition) is 1. The summed E-state index contributed by atoms with van der Waals surface area (Å²) in [4.78, 5) is 6.82. The van der Waals surface area contributed by atoms with Crippen molar-refractivity contribution in [2.24, 2.45) is 5.73 Å². The van der Waals surface area contributed by atoms with Gasteiger partial charge in [-0.2, -0.15) is 0 Å². The summed E-state index contributed by atoms with van der Waals surface area (Å²) < 4.78 is 0. The molecule has 0 aliphatic heterocycles. The highest BCUT2D eigenvalue weighted by molar-refractivity contribution is 5.25. The lowest BCUT2D eigenvalue weighted by Crippen LogP contribution is -2.30. The first-order valence-electron chi connectivity index (χ1n) is 6.99. The fraction of sp³-hybridized carbons (Fsp3) is 0.353. The zero-order valence-electron chi connectivity index (χ0n) is 12.5. The second-order valence-corrected chi connectivity index (χ2v) is 5.35. The van der Waals surface area contributed by atoms with Crippen LogP contribution in [0.15, 0.2) is 42.5 Å². The second kappa shape index (κ2) is 6.64. The molecule has 3 nitrogen and oxygen atoms in total. The number of pyridine rings is 1. The van der Waals surface area contributed by atoms with E-state index in [2.05, 4.69) is 60.3 Å². The van der Waals surface area contributed by atoms with Gasteiger partial charge in [-0.1, -0.05) is 35.9 Å². The number of hydrogen-bond acceptors (Lipinski definition) is 3. The van der Waals surface area contributed by atoms with Crippen molar-refractivity contribution in [2.45, 2.75) is 26.4 Å². The van der Waals surface area contributed by atoms with Crippen molar-refractivity contribution in [3.05, 3.63) is 65.0 Å². The zero-order chi connectivity index (χ0) is 14.5. The predicted molar refractivity (Wildman–Crippen MR) is 83.4 cm³/mol. The summed E-state index contributed by atoms with van der Waals surface area (Å²) in [5.41, 5.74) is 10.6. The maximum Gasteiger partial charge on any atom is 0.0547 e. The van der Waals surface area contributed by atoms with Crippen molar-refractivity contribution in [1.82, 2.24) is 9.88 Å². The molecule has 0 spiro atoms. The van der Waals surface area contributed by atoms with Crippen molar-refractivity contribution >= 4 is 0 Å². The molecule has 1 aromatic heterocycles. The van der Waals surface area contributed by atoms with Crippen LogP contribution >= 0.6 is 0 Å². The van der Waals surface area contributed by atoms with E-state index in [0.717, 1.165) is 17.9 Å². The first kappa shape index (κ1) is 14.7. The van der Waals surface area contributed by atoms with Crippen molar-refractivity contribution in [2.75, 3.05) is 13.6 Å². The van der Waals surface area contributed by atoms with Gasteiger partial charge in [-0.3, -0.25) is 9.88 Å². The van der Waals surface area contributed by atoms with Gasteiger partial charge in [0, 0.05) is 24.8 Å². The Bertz CT molecular complexity index is 566. The number of nitrogens with two attached hydrogens (primary N) is 1. The molecule has 1 unspecified atom stereocenters. The molecule has 0 radical (unpaired) electrons. The molecule has 2 rings (SSSR count). The van der Waals surface area contributed by atoms with Crippen LogP contribution in [0, 0.1) is 13.8 Å². The Labute approximate surface area is 121 Å².